The van der Waals surface area contributed by atoms with E-state index in [1.165, 1.54) is 24.3 Å². The summed E-state index contributed by atoms with van der Waals surface area (Å²) in [6, 6.07) is 22.3. The van der Waals surface area contributed by atoms with Crippen LogP contribution in [0.25, 0.3) is 11.1 Å². The fraction of sp³-hybridized carbons (Fsp3) is 0.172. The first-order chi connectivity index (χ1) is 17.5. The summed E-state index contributed by atoms with van der Waals surface area (Å²) in [7, 11) is 0.500. The van der Waals surface area contributed by atoms with Gasteiger partial charge in [-0.05, 0) is 47.5 Å². The molecular formula is C29H25F5O2. The smallest absolute Gasteiger partial charge is 0.249 e. The molecule has 188 valence electrons. The third kappa shape index (κ3) is 5.51. The second kappa shape index (κ2) is 12.2. The Kier molecular flexibility index (Phi) is 9.06. The molecule has 1 heterocycles. The van der Waals surface area contributed by atoms with Crippen LogP contribution in [0.15, 0.2) is 84.9 Å². The number of hydrogen-bond donors (Lipinski definition) is 0. The van der Waals surface area contributed by atoms with Gasteiger partial charge in [0.2, 0.25) is 6.36 Å². The number of halogens is 5. The van der Waals surface area contributed by atoms with Crippen molar-refractivity contribution in [1.82, 2.24) is 0 Å². The molecule has 0 saturated carbocycles. The van der Waals surface area contributed by atoms with Gasteiger partial charge in [0.05, 0.1) is 13.1 Å². The molecule has 0 radical (unpaired) electrons. The molecule has 0 aromatic heterocycles. The molecule has 0 amide bonds. The van der Waals surface area contributed by atoms with Crippen molar-refractivity contribution in [3.63, 3.8) is 0 Å². The van der Waals surface area contributed by atoms with Crippen molar-refractivity contribution in [3.05, 3.63) is 114 Å². The van der Waals surface area contributed by atoms with Gasteiger partial charge >= 0.3 is 0 Å². The predicted molar refractivity (Wildman–Crippen MR) is 130 cm³/mol. The molecule has 5 rings (SSSR count). The highest BCUT2D eigenvalue weighted by molar-refractivity contribution is 5.64. The molecule has 1 unspecified atom stereocenters. The van der Waals surface area contributed by atoms with Crippen molar-refractivity contribution in [2.75, 3.05) is 7.18 Å². The third-order valence-corrected chi connectivity index (χ3v) is 5.41. The van der Waals surface area contributed by atoms with Crippen LogP contribution >= 0.6 is 0 Å². The Morgan fingerprint density at radius 2 is 1.17 bits per heavy atom. The molecule has 1 atom stereocenters. The van der Waals surface area contributed by atoms with E-state index in [1.54, 1.807) is 24.3 Å². The molecule has 4 aromatic rings. The number of ether oxygens (including phenoxy) is 2. The van der Waals surface area contributed by atoms with Crippen molar-refractivity contribution in [1.29, 1.82) is 0 Å². The Morgan fingerprint density at radius 3 is 1.67 bits per heavy atom. The highest BCUT2D eigenvalue weighted by Gasteiger charge is 2.34. The molecule has 2 nitrogen and oxygen atoms in total. The van der Waals surface area contributed by atoms with Crippen LogP contribution in [0.5, 0.6) is 17.2 Å². The van der Waals surface area contributed by atoms with Gasteiger partial charge in [-0.3, -0.25) is 4.39 Å². The monoisotopic (exact) mass is 500 g/mol. The number of para-hydroxylation sites is 2. The fourth-order valence-electron chi connectivity index (χ4n) is 3.88. The fourth-order valence-corrected chi connectivity index (χ4v) is 3.88. The molecular weight excluding hydrogens is 475 g/mol. The van der Waals surface area contributed by atoms with Gasteiger partial charge in [-0.2, -0.15) is 0 Å². The number of hydrogen-bond acceptors (Lipinski definition) is 2. The lowest BCUT2D eigenvalue weighted by Crippen LogP contribution is -2.24. The minimum absolute atomic E-state index is 0.164. The van der Waals surface area contributed by atoms with Gasteiger partial charge in [0.25, 0.3) is 0 Å². The zero-order chi connectivity index (χ0) is 26.2. The minimum atomic E-state index is -1.72. The molecule has 1 aliphatic heterocycles. The summed E-state index contributed by atoms with van der Waals surface area (Å²) < 4.78 is 76.7. The van der Waals surface area contributed by atoms with Gasteiger partial charge in [0, 0.05) is 11.1 Å². The van der Waals surface area contributed by atoms with E-state index in [-0.39, 0.29) is 11.3 Å². The van der Waals surface area contributed by atoms with E-state index in [0.29, 0.717) is 35.4 Å². The lowest BCUT2D eigenvalue weighted by molar-refractivity contribution is 0.0495. The number of rotatable bonds is 4. The number of fused-ring (bicyclic) bond motifs is 2. The Labute approximate surface area is 206 Å². The maximum absolute atomic E-state index is 15.5. The zero-order valence-electron chi connectivity index (χ0n) is 19.9. The molecule has 7 heteroatoms. The van der Waals surface area contributed by atoms with E-state index in [0.717, 1.165) is 12.1 Å². The van der Waals surface area contributed by atoms with E-state index >= 15 is 4.39 Å². The lowest BCUT2D eigenvalue weighted by Gasteiger charge is -2.30. The van der Waals surface area contributed by atoms with Crippen LogP contribution in [-0.4, -0.2) is 13.5 Å². The van der Waals surface area contributed by atoms with Crippen LogP contribution in [0.2, 0.25) is 0 Å². The molecule has 0 fully saturated rings. The largest absolute Gasteiger partial charge is 0.459 e. The minimum Gasteiger partial charge on any atom is -0.459 e. The molecule has 4 aromatic carbocycles. The highest BCUT2D eigenvalue weighted by Crippen LogP contribution is 2.46. The van der Waals surface area contributed by atoms with Crippen molar-refractivity contribution in [2.45, 2.75) is 26.1 Å². The van der Waals surface area contributed by atoms with Crippen LogP contribution in [0.4, 0.5) is 22.0 Å². The Hall–Kier alpha value is -3.87. The average Bonchev–Trinajstić information content (AvgIpc) is 2.92. The molecule has 0 bridgehead atoms. The van der Waals surface area contributed by atoms with E-state index in [9.17, 15) is 17.6 Å². The van der Waals surface area contributed by atoms with Crippen molar-refractivity contribution < 1.29 is 31.4 Å². The van der Waals surface area contributed by atoms with Crippen molar-refractivity contribution in [3.8, 4) is 28.4 Å². The maximum atomic E-state index is 15.5. The summed E-state index contributed by atoms with van der Waals surface area (Å²) in [5.41, 5.74) is 1.95. The maximum Gasteiger partial charge on any atom is 0.249 e. The summed E-state index contributed by atoms with van der Waals surface area (Å²) >= 11 is 0. The topological polar surface area (TPSA) is 18.5 Å². The van der Waals surface area contributed by atoms with Gasteiger partial charge in [-0.15, -0.1) is 0 Å². The van der Waals surface area contributed by atoms with Gasteiger partial charge in [0.15, 0.2) is 17.5 Å². The molecule has 0 aliphatic carbocycles. The number of alkyl halides is 2. The van der Waals surface area contributed by atoms with E-state index in [2.05, 4.69) is 0 Å². The summed E-state index contributed by atoms with van der Waals surface area (Å²) in [5.74, 6) is -3.40. The first-order valence-corrected chi connectivity index (χ1v) is 11.3. The Bertz CT molecular complexity index is 1220. The second-order valence-electron chi connectivity index (χ2n) is 7.40. The standard InChI is InChI=1S/C26H16F4O2.C2H6.CH3F/c27-20-13-16(14-21(28)25(20)29)15-9-11-17(12-10-15)31-26(30)24-18-5-1-3-7-22(18)32-23-8-4-2-6-19(23)24;2*1-2/h1-14,24,26H;1-2H3;1H3. The van der Waals surface area contributed by atoms with Gasteiger partial charge in [-0.1, -0.05) is 62.4 Å². The number of benzene rings is 4. The molecule has 36 heavy (non-hydrogen) atoms. The summed E-state index contributed by atoms with van der Waals surface area (Å²) in [5, 5.41) is 0. The summed E-state index contributed by atoms with van der Waals surface area (Å²) in [6.07, 6.45) is -1.72. The van der Waals surface area contributed by atoms with Crippen molar-refractivity contribution >= 4 is 0 Å². The molecule has 0 spiro atoms. The van der Waals surface area contributed by atoms with E-state index < -0.39 is 29.7 Å². The van der Waals surface area contributed by atoms with E-state index in [1.807, 2.05) is 38.1 Å². The Balaban J connectivity index is 0.000000861. The van der Waals surface area contributed by atoms with Gasteiger partial charge in [0.1, 0.15) is 17.2 Å². The van der Waals surface area contributed by atoms with Crippen LogP contribution in [0.3, 0.4) is 0 Å². The van der Waals surface area contributed by atoms with Crippen LogP contribution in [-0.2, 0) is 0 Å². The van der Waals surface area contributed by atoms with Gasteiger partial charge in [-0.25, -0.2) is 17.6 Å². The first kappa shape index (κ1) is 26.7. The molecule has 0 N–H and O–H groups in total. The SMILES string of the molecule is CC.CF.Fc1cc(-c2ccc(OC(F)C3c4ccccc4Oc4ccccc43)cc2)cc(F)c1F. The molecule has 1 aliphatic rings. The predicted octanol–water partition coefficient (Wildman–Crippen LogP) is 8.99. The quantitative estimate of drug-likeness (QED) is 0.206. The van der Waals surface area contributed by atoms with Crippen LogP contribution < -0.4 is 9.47 Å². The average molecular weight is 501 g/mol. The molecule has 0 saturated heterocycles. The second-order valence-corrected chi connectivity index (χ2v) is 7.40. The van der Waals surface area contributed by atoms with Crippen LogP contribution in [0, 0.1) is 17.5 Å². The zero-order valence-corrected chi connectivity index (χ0v) is 19.9. The highest BCUT2D eigenvalue weighted by atomic mass is 19.2. The van der Waals surface area contributed by atoms with Gasteiger partial charge < -0.3 is 9.47 Å². The van der Waals surface area contributed by atoms with Crippen LogP contribution in [0.1, 0.15) is 30.9 Å². The summed E-state index contributed by atoms with van der Waals surface area (Å²) in [6.45, 7) is 4.00. The first-order valence-electron chi connectivity index (χ1n) is 11.3. The Morgan fingerprint density at radius 1 is 0.694 bits per heavy atom. The lowest BCUT2D eigenvalue weighted by atomic mass is 9.88. The van der Waals surface area contributed by atoms with Crippen molar-refractivity contribution in [2.24, 2.45) is 0 Å². The van der Waals surface area contributed by atoms with E-state index in [4.69, 9.17) is 9.47 Å². The third-order valence-electron chi connectivity index (χ3n) is 5.41. The normalized spacial score (nSPS) is 12.4. The summed E-state index contributed by atoms with van der Waals surface area (Å²) in [4.78, 5) is 0.